The molecule has 0 bridgehead atoms. The third kappa shape index (κ3) is 3.54. The maximum Gasteiger partial charge on any atom is 0.165 e. The fourth-order valence-corrected chi connectivity index (χ4v) is 4.84. The van der Waals surface area contributed by atoms with Gasteiger partial charge in [-0.15, -0.1) is 0 Å². The third-order valence-electron chi connectivity index (χ3n) is 6.05. The lowest BCUT2D eigenvalue weighted by atomic mass is 9.89. The summed E-state index contributed by atoms with van der Waals surface area (Å²) in [5.41, 5.74) is 2.46. The molecule has 2 aliphatic heterocycles. The minimum atomic E-state index is -0.305. The van der Waals surface area contributed by atoms with E-state index >= 15 is 0 Å². The van der Waals surface area contributed by atoms with Crippen molar-refractivity contribution in [2.24, 2.45) is 11.8 Å². The van der Waals surface area contributed by atoms with Crippen LogP contribution in [0.25, 0.3) is 0 Å². The molecule has 144 valence electrons. The van der Waals surface area contributed by atoms with E-state index in [4.69, 9.17) is 9.47 Å². The number of fused-ring (bicyclic) bond motifs is 1. The highest BCUT2D eigenvalue weighted by molar-refractivity contribution is 5.32. The minimum absolute atomic E-state index is 0.305. The van der Waals surface area contributed by atoms with Crippen molar-refractivity contribution in [1.29, 1.82) is 0 Å². The first-order valence-electron chi connectivity index (χ1n) is 9.48. The monoisotopic (exact) mass is 370 g/mol. The van der Waals surface area contributed by atoms with Crippen LogP contribution in [0, 0.1) is 17.7 Å². The van der Waals surface area contributed by atoms with Crippen molar-refractivity contribution in [2.45, 2.75) is 12.6 Å². The van der Waals surface area contributed by atoms with Crippen LogP contribution in [-0.4, -0.2) is 50.7 Å². The van der Waals surface area contributed by atoms with Crippen molar-refractivity contribution in [2.75, 3.05) is 40.9 Å². The lowest BCUT2D eigenvalue weighted by Gasteiger charge is -2.27. The lowest BCUT2D eigenvalue weighted by molar-refractivity contribution is 0.224. The second-order valence-corrected chi connectivity index (χ2v) is 7.74. The smallest absolute Gasteiger partial charge is 0.165 e. The Morgan fingerprint density at radius 1 is 1.00 bits per heavy atom. The minimum Gasteiger partial charge on any atom is -0.497 e. The van der Waals surface area contributed by atoms with Gasteiger partial charge in [0, 0.05) is 32.2 Å². The summed E-state index contributed by atoms with van der Waals surface area (Å²) in [7, 11) is 5.44. The molecule has 2 aromatic carbocycles. The fourth-order valence-electron chi connectivity index (χ4n) is 4.84. The Kier molecular flexibility index (Phi) is 5.06. The van der Waals surface area contributed by atoms with E-state index in [1.54, 1.807) is 7.11 Å². The zero-order valence-electron chi connectivity index (χ0n) is 16.2. The molecule has 4 nitrogen and oxygen atoms in total. The lowest BCUT2D eigenvalue weighted by Crippen LogP contribution is -2.28. The molecule has 0 N–H and O–H groups in total. The number of rotatable bonds is 5. The highest BCUT2D eigenvalue weighted by atomic mass is 19.1. The number of nitrogens with zero attached hydrogens (tertiary/aromatic N) is 2. The molecule has 2 heterocycles. The van der Waals surface area contributed by atoms with Crippen molar-refractivity contribution in [3.63, 3.8) is 0 Å². The molecular weight excluding hydrogens is 343 g/mol. The molecule has 2 fully saturated rings. The van der Waals surface area contributed by atoms with Crippen LogP contribution in [0.5, 0.6) is 11.5 Å². The van der Waals surface area contributed by atoms with E-state index in [1.165, 1.54) is 18.7 Å². The van der Waals surface area contributed by atoms with E-state index in [9.17, 15) is 4.39 Å². The van der Waals surface area contributed by atoms with Crippen LogP contribution < -0.4 is 9.47 Å². The molecule has 2 aromatic rings. The molecule has 0 unspecified atom stereocenters. The second kappa shape index (κ2) is 7.49. The highest BCUT2D eigenvalue weighted by Crippen LogP contribution is 2.44. The predicted octanol–water partition coefficient (Wildman–Crippen LogP) is 3.58. The van der Waals surface area contributed by atoms with Crippen molar-refractivity contribution in [1.82, 2.24) is 9.80 Å². The average molecular weight is 370 g/mol. The van der Waals surface area contributed by atoms with Gasteiger partial charge in [-0.05, 0) is 54.3 Å². The number of ether oxygens (including phenoxy) is 2. The van der Waals surface area contributed by atoms with Crippen molar-refractivity contribution < 1.29 is 13.9 Å². The first-order valence-corrected chi connectivity index (χ1v) is 9.48. The Bertz CT molecular complexity index is 795. The Balaban J connectivity index is 1.47. The molecule has 5 heteroatoms. The number of hydrogen-bond acceptors (Lipinski definition) is 4. The molecule has 2 aliphatic rings. The van der Waals surface area contributed by atoms with Gasteiger partial charge in [-0.3, -0.25) is 9.80 Å². The molecule has 3 atom stereocenters. The topological polar surface area (TPSA) is 24.9 Å². The summed E-state index contributed by atoms with van der Waals surface area (Å²) in [6.07, 6.45) is 0. The van der Waals surface area contributed by atoms with Gasteiger partial charge in [-0.1, -0.05) is 18.2 Å². The van der Waals surface area contributed by atoms with Crippen LogP contribution in [-0.2, 0) is 6.54 Å². The van der Waals surface area contributed by atoms with Gasteiger partial charge in [0.2, 0.25) is 0 Å². The van der Waals surface area contributed by atoms with Crippen molar-refractivity contribution in [3.8, 4) is 11.5 Å². The van der Waals surface area contributed by atoms with Gasteiger partial charge in [0.05, 0.1) is 14.2 Å². The number of halogens is 1. The van der Waals surface area contributed by atoms with Gasteiger partial charge in [0.1, 0.15) is 5.75 Å². The van der Waals surface area contributed by atoms with Gasteiger partial charge in [-0.25, -0.2) is 4.39 Å². The summed E-state index contributed by atoms with van der Waals surface area (Å²) in [5, 5.41) is 0. The molecule has 0 amide bonds. The van der Waals surface area contributed by atoms with E-state index in [0.717, 1.165) is 37.5 Å². The van der Waals surface area contributed by atoms with E-state index in [2.05, 4.69) is 29.0 Å². The predicted molar refractivity (Wildman–Crippen MR) is 104 cm³/mol. The van der Waals surface area contributed by atoms with Crippen LogP contribution in [0.15, 0.2) is 42.5 Å². The number of likely N-dealkylation sites (tertiary alicyclic amines) is 2. The molecule has 27 heavy (non-hydrogen) atoms. The summed E-state index contributed by atoms with van der Waals surface area (Å²) in [6, 6.07) is 14.1. The second-order valence-electron chi connectivity index (χ2n) is 7.74. The Morgan fingerprint density at radius 3 is 2.48 bits per heavy atom. The molecule has 0 saturated carbocycles. The van der Waals surface area contributed by atoms with Crippen molar-refractivity contribution >= 4 is 0 Å². The summed E-state index contributed by atoms with van der Waals surface area (Å²) in [4.78, 5) is 4.97. The van der Waals surface area contributed by atoms with Gasteiger partial charge >= 0.3 is 0 Å². The van der Waals surface area contributed by atoms with Crippen LogP contribution in [0.1, 0.15) is 17.2 Å². The summed E-state index contributed by atoms with van der Waals surface area (Å²) in [6.45, 7) is 4.10. The van der Waals surface area contributed by atoms with Gasteiger partial charge in [-0.2, -0.15) is 0 Å². The highest BCUT2D eigenvalue weighted by Gasteiger charge is 2.45. The first-order chi connectivity index (χ1) is 13.1. The zero-order valence-corrected chi connectivity index (χ0v) is 16.2. The third-order valence-corrected chi connectivity index (χ3v) is 6.05. The number of benzene rings is 2. The van der Waals surface area contributed by atoms with Crippen LogP contribution in [0.4, 0.5) is 4.39 Å². The Labute approximate surface area is 160 Å². The van der Waals surface area contributed by atoms with Gasteiger partial charge in [0.25, 0.3) is 0 Å². The number of methoxy groups -OCH3 is 2. The first kappa shape index (κ1) is 18.3. The maximum atomic E-state index is 13.7. The van der Waals surface area contributed by atoms with Crippen LogP contribution in [0.3, 0.4) is 0 Å². The normalized spacial score (nSPS) is 25.6. The van der Waals surface area contributed by atoms with E-state index < -0.39 is 0 Å². The fraction of sp³-hybridized carbons (Fsp3) is 0.455. The maximum absolute atomic E-state index is 13.7. The molecule has 0 aliphatic carbocycles. The van der Waals surface area contributed by atoms with Crippen LogP contribution in [0.2, 0.25) is 0 Å². The van der Waals surface area contributed by atoms with E-state index in [-0.39, 0.29) is 5.82 Å². The van der Waals surface area contributed by atoms with Gasteiger partial charge in [0.15, 0.2) is 11.6 Å². The van der Waals surface area contributed by atoms with Gasteiger partial charge < -0.3 is 9.47 Å². The SMILES string of the molecule is COc1ccc([C@@H]2[C@@H]3CN(Cc4ccc(F)c(OC)c4)C[C@@H]3CN2C)cc1. The molecule has 0 radical (unpaired) electrons. The molecular formula is C22H27FN2O2. The standard InChI is InChI=1S/C22H27FN2O2/c1-24-12-17-13-25(11-15-4-9-20(23)21(10-15)27-3)14-19(17)22(24)16-5-7-18(26-2)8-6-16/h4-10,17,19,22H,11-14H2,1-3H3/t17-,19+,22+/m0/s1. The summed E-state index contributed by atoms with van der Waals surface area (Å²) < 4.78 is 24.1. The van der Waals surface area contributed by atoms with E-state index in [1.807, 2.05) is 24.3 Å². The molecule has 2 saturated heterocycles. The zero-order chi connectivity index (χ0) is 19.0. The van der Waals surface area contributed by atoms with E-state index in [0.29, 0.717) is 23.6 Å². The Hall–Kier alpha value is -2.11. The summed E-state index contributed by atoms with van der Waals surface area (Å²) in [5.74, 6) is 2.20. The average Bonchev–Trinajstić information content (AvgIpc) is 3.19. The molecule has 0 aromatic heterocycles. The Morgan fingerprint density at radius 2 is 1.78 bits per heavy atom. The molecule has 4 rings (SSSR count). The largest absolute Gasteiger partial charge is 0.497 e. The van der Waals surface area contributed by atoms with Crippen LogP contribution >= 0.6 is 0 Å². The quantitative estimate of drug-likeness (QED) is 0.803. The number of hydrogen-bond donors (Lipinski definition) is 0. The summed E-state index contributed by atoms with van der Waals surface area (Å²) >= 11 is 0. The van der Waals surface area contributed by atoms with Crippen molar-refractivity contribution in [3.05, 3.63) is 59.4 Å². The molecule has 0 spiro atoms.